The topological polar surface area (TPSA) is 118 Å². The summed E-state index contributed by atoms with van der Waals surface area (Å²) in [4.78, 5) is 22.9. The van der Waals surface area contributed by atoms with Gasteiger partial charge in [0, 0.05) is 11.3 Å². The molecule has 0 aliphatic carbocycles. The van der Waals surface area contributed by atoms with Crippen molar-refractivity contribution in [3.8, 4) is 0 Å². The van der Waals surface area contributed by atoms with Crippen LogP contribution in [0.25, 0.3) is 0 Å². The molecule has 0 aromatic heterocycles. The number of anilines is 2. The Labute approximate surface area is 138 Å². The molecule has 126 valence electrons. The molecule has 0 fully saturated rings. The molecule has 0 heterocycles. The van der Waals surface area contributed by atoms with Crippen LogP contribution in [0.5, 0.6) is 0 Å². The van der Waals surface area contributed by atoms with Gasteiger partial charge in [-0.3, -0.25) is 19.6 Å². The van der Waals surface area contributed by atoms with E-state index in [2.05, 4.69) is 10.0 Å². The molecule has 24 heavy (non-hydrogen) atoms. The van der Waals surface area contributed by atoms with E-state index in [0.29, 0.717) is 11.3 Å². The average molecular weight is 349 g/mol. The molecule has 8 nitrogen and oxygen atoms in total. The number of nitro groups is 1. The summed E-state index contributed by atoms with van der Waals surface area (Å²) in [6, 6.07) is 10.5. The zero-order chi connectivity index (χ0) is 17.9. The molecule has 0 radical (unpaired) electrons. The largest absolute Gasteiger partial charge is 0.322 e. The Morgan fingerprint density at radius 3 is 2.38 bits per heavy atom. The first-order valence-corrected chi connectivity index (χ1v) is 8.70. The van der Waals surface area contributed by atoms with Gasteiger partial charge in [-0.15, -0.1) is 0 Å². The first-order chi connectivity index (χ1) is 11.2. The van der Waals surface area contributed by atoms with Crippen LogP contribution in [0.15, 0.2) is 42.5 Å². The first-order valence-electron chi connectivity index (χ1n) is 6.80. The van der Waals surface area contributed by atoms with E-state index in [1.807, 2.05) is 0 Å². The summed E-state index contributed by atoms with van der Waals surface area (Å²) in [7, 11) is -3.45. The van der Waals surface area contributed by atoms with E-state index in [1.54, 1.807) is 31.2 Å². The summed E-state index contributed by atoms with van der Waals surface area (Å²) < 4.78 is 24.8. The van der Waals surface area contributed by atoms with E-state index < -0.39 is 20.9 Å². The molecule has 0 atom stereocenters. The summed E-state index contributed by atoms with van der Waals surface area (Å²) in [6.07, 6.45) is 1.01. The van der Waals surface area contributed by atoms with Gasteiger partial charge in [0.05, 0.1) is 16.9 Å². The summed E-state index contributed by atoms with van der Waals surface area (Å²) in [6.45, 7) is 1.55. The SMILES string of the molecule is Cc1cccc(C(=O)Nc2cccc(NS(C)(=O)=O)c2)c1[N+](=O)[O-]. The highest BCUT2D eigenvalue weighted by Crippen LogP contribution is 2.24. The number of hydrogen-bond donors (Lipinski definition) is 2. The Hall–Kier alpha value is -2.94. The number of rotatable bonds is 5. The van der Waals surface area contributed by atoms with E-state index in [-0.39, 0.29) is 16.9 Å². The van der Waals surface area contributed by atoms with Gasteiger partial charge in [-0.1, -0.05) is 18.2 Å². The lowest BCUT2D eigenvalue weighted by Crippen LogP contribution is -2.15. The van der Waals surface area contributed by atoms with Gasteiger partial charge in [-0.2, -0.15) is 0 Å². The molecule has 0 saturated carbocycles. The van der Waals surface area contributed by atoms with Crippen LogP contribution >= 0.6 is 0 Å². The second-order valence-electron chi connectivity index (χ2n) is 5.14. The lowest BCUT2D eigenvalue weighted by atomic mass is 10.1. The van der Waals surface area contributed by atoms with E-state index in [0.717, 1.165) is 6.26 Å². The fourth-order valence-corrected chi connectivity index (χ4v) is 2.71. The maximum Gasteiger partial charge on any atom is 0.285 e. The number of aryl methyl sites for hydroxylation is 1. The molecular formula is C15H15N3O5S. The predicted molar refractivity (Wildman–Crippen MR) is 90.7 cm³/mol. The van der Waals surface area contributed by atoms with E-state index >= 15 is 0 Å². The minimum Gasteiger partial charge on any atom is -0.322 e. The zero-order valence-corrected chi connectivity index (χ0v) is 13.8. The lowest BCUT2D eigenvalue weighted by Gasteiger charge is -2.09. The van der Waals surface area contributed by atoms with Gasteiger partial charge >= 0.3 is 0 Å². The van der Waals surface area contributed by atoms with E-state index in [1.165, 1.54) is 18.2 Å². The quantitative estimate of drug-likeness (QED) is 0.635. The smallest absolute Gasteiger partial charge is 0.285 e. The fraction of sp³-hybridized carbons (Fsp3) is 0.133. The number of nitrogens with one attached hydrogen (secondary N) is 2. The number of nitro benzene ring substituents is 1. The number of hydrogen-bond acceptors (Lipinski definition) is 5. The molecule has 1 amide bonds. The lowest BCUT2D eigenvalue weighted by molar-refractivity contribution is -0.385. The third kappa shape index (κ3) is 4.29. The van der Waals surface area contributed by atoms with Gasteiger partial charge in [-0.05, 0) is 31.2 Å². The van der Waals surface area contributed by atoms with E-state index in [4.69, 9.17) is 0 Å². The molecule has 0 spiro atoms. The second kappa shape index (κ2) is 6.67. The highest BCUT2D eigenvalue weighted by Gasteiger charge is 2.22. The first kappa shape index (κ1) is 17.4. The number of amides is 1. The van der Waals surface area contributed by atoms with Crippen LogP contribution in [0.2, 0.25) is 0 Å². The minimum atomic E-state index is -3.45. The third-order valence-electron chi connectivity index (χ3n) is 3.09. The number of para-hydroxylation sites is 1. The standard InChI is InChI=1S/C15H15N3O5S/c1-10-5-3-8-13(14(10)18(20)21)15(19)16-11-6-4-7-12(9-11)17-24(2,22)23/h3-9,17H,1-2H3,(H,16,19). The normalized spacial score (nSPS) is 10.9. The van der Waals surface area contributed by atoms with Crippen LogP contribution < -0.4 is 10.0 Å². The molecule has 2 N–H and O–H groups in total. The minimum absolute atomic E-state index is 0.0681. The Bertz CT molecular complexity index is 909. The predicted octanol–water partition coefficient (Wildman–Crippen LogP) is 2.53. The summed E-state index contributed by atoms with van der Waals surface area (Å²) in [5, 5.41) is 13.7. The Balaban J connectivity index is 2.30. The molecule has 0 aliphatic heterocycles. The van der Waals surface area contributed by atoms with E-state index in [9.17, 15) is 23.3 Å². The Kier molecular flexibility index (Phi) is 4.84. The van der Waals surface area contributed by atoms with Crippen LogP contribution in [0, 0.1) is 17.0 Å². The second-order valence-corrected chi connectivity index (χ2v) is 6.89. The number of carbonyl (C=O) groups is 1. The molecule has 2 rings (SSSR count). The van der Waals surface area contributed by atoms with Crippen molar-refractivity contribution in [1.29, 1.82) is 0 Å². The number of sulfonamides is 1. The molecule has 2 aromatic rings. The monoisotopic (exact) mass is 349 g/mol. The van der Waals surface area contributed by atoms with Crippen LogP contribution in [-0.4, -0.2) is 25.5 Å². The highest BCUT2D eigenvalue weighted by molar-refractivity contribution is 7.92. The van der Waals surface area contributed by atoms with Crippen molar-refractivity contribution in [3.63, 3.8) is 0 Å². The van der Waals surface area contributed by atoms with Gasteiger partial charge in [-0.25, -0.2) is 8.42 Å². The van der Waals surface area contributed by atoms with Gasteiger partial charge in [0.15, 0.2) is 0 Å². The summed E-state index contributed by atoms with van der Waals surface area (Å²) in [5.41, 5.74) is 0.625. The van der Waals surface area contributed by atoms with Crippen molar-refractivity contribution in [1.82, 2.24) is 0 Å². The Morgan fingerprint density at radius 2 is 1.75 bits per heavy atom. The maximum absolute atomic E-state index is 12.3. The molecule has 0 unspecified atom stereocenters. The van der Waals surface area contributed by atoms with Crippen LogP contribution in [0.1, 0.15) is 15.9 Å². The number of nitrogens with zero attached hydrogens (tertiary/aromatic N) is 1. The van der Waals surface area contributed by atoms with Gasteiger partial charge in [0.25, 0.3) is 11.6 Å². The molecular weight excluding hydrogens is 334 g/mol. The van der Waals surface area contributed by atoms with Crippen molar-refractivity contribution < 1.29 is 18.1 Å². The summed E-state index contributed by atoms with van der Waals surface area (Å²) >= 11 is 0. The van der Waals surface area contributed by atoms with Crippen molar-refractivity contribution in [3.05, 3.63) is 63.7 Å². The molecule has 0 bridgehead atoms. The highest BCUT2D eigenvalue weighted by atomic mass is 32.2. The molecule has 0 saturated heterocycles. The zero-order valence-electron chi connectivity index (χ0n) is 12.9. The van der Waals surface area contributed by atoms with Gasteiger partial charge < -0.3 is 5.32 Å². The van der Waals surface area contributed by atoms with Crippen LogP contribution in [-0.2, 0) is 10.0 Å². The average Bonchev–Trinajstić information content (AvgIpc) is 2.45. The van der Waals surface area contributed by atoms with Crippen molar-refractivity contribution in [2.75, 3.05) is 16.3 Å². The van der Waals surface area contributed by atoms with Gasteiger partial charge in [0.2, 0.25) is 10.0 Å². The third-order valence-corrected chi connectivity index (χ3v) is 3.70. The Morgan fingerprint density at radius 1 is 1.12 bits per heavy atom. The molecule has 0 aliphatic rings. The van der Waals surface area contributed by atoms with Crippen LogP contribution in [0.4, 0.5) is 17.1 Å². The van der Waals surface area contributed by atoms with Crippen LogP contribution in [0.3, 0.4) is 0 Å². The van der Waals surface area contributed by atoms with Crippen molar-refractivity contribution in [2.45, 2.75) is 6.92 Å². The van der Waals surface area contributed by atoms with Crippen molar-refractivity contribution >= 4 is 33.0 Å². The fourth-order valence-electron chi connectivity index (χ4n) is 2.16. The molecule has 9 heteroatoms. The number of benzene rings is 2. The number of carbonyl (C=O) groups excluding carboxylic acids is 1. The molecule has 2 aromatic carbocycles. The summed E-state index contributed by atoms with van der Waals surface area (Å²) in [5.74, 6) is -0.651. The van der Waals surface area contributed by atoms with Gasteiger partial charge in [0.1, 0.15) is 5.56 Å². The van der Waals surface area contributed by atoms with Crippen molar-refractivity contribution in [2.24, 2.45) is 0 Å². The maximum atomic E-state index is 12.3.